The molecule has 0 spiro atoms. The summed E-state index contributed by atoms with van der Waals surface area (Å²) in [6, 6.07) is 16.1. The lowest BCUT2D eigenvalue weighted by Gasteiger charge is -2.29. The monoisotopic (exact) mass is 423 g/mol. The summed E-state index contributed by atoms with van der Waals surface area (Å²) in [5.74, 6) is -0.0326. The predicted octanol–water partition coefficient (Wildman–Crippen LogP) is 5.49. The average Bonchev–Trinajstić information content (AvgIpc) is 3.02. The summed E-state index contributed by atoms with van der Waals surface area (Å²) in [5, 5.41) is 5.04. The maximum atomic E-state index is 13.4. The van der Waals surface area contributed by atoms with Crippen LogP contribution in [-0.2, 0) is 7.05 Å². The Balaban J connectivity index is 1.58. The third kappa shape index (κ3) is 4.40. The van der Waals surface area contributed by atoms with Crippen molar-refractivity contribution in [1.82, 2.24) is 14.8 Å². The maximum Gasteiger partial charge on any atom is 0.268 e. The number of hydrogen-bond donors (Lipinski definition) is 1. The second-order valence-electron chi connectivity index (χ2n) is 8.32. The highest BCUT2D eigenvalue weighted by Crippen LogP contribution is 2.28. The Bertz CT molecular complexity index is 1020. The number of nitrogens with zero attached hydrogens (tertiary/aromatic N) is 2. The van der Waals surface area contributed by atoms with Gasteiger partial charge in [0, 0.05) is 29.5 Å². The van der Waals surface area contributed by atoms with Crippen molar-refractivity contribution >= 4 is 28.4 Å². The van der Waals surface area contributed by atoms with Gasteiger partial charge in [-0.15, -0.1) is 0 Å². The van der Waals surface area contributed by atoms with Gasteiger partial charge in [-0.1, -0.05) is 48.4 Å². The topological polar surface area (TPSA) is 37.3 Å². The van der Waals surface area contributed by atoms with Crippen molar-refractivity contribution in [3.05, 3.63) is 70.4 Å². The van der Waals surface area contributed by atoms with Crippen LogP contribution in [0.1, 0.15) is 53.3 Å². The zero-order chi connectivity index (χ0) is 21.1. The van der Waals surface area contributed by atoms with Crippen LogP contribution in [0.2, 0.25) is 5.02 Å². The van der Waals surface area contributed by atoms with Crippen molar-refractivity contribution in [1.29, 1.82) is 0 Å². The molecule has 1 saturated heterocycles. The quantitative estimate of drug-likeness (QED) is 0.569. The number of hydrogen-bond acceptors (Lipinski definition) is 2. The summed E-state index contributed by atoms with van der Waals surface area (Å²) in [4.78, 5) is 15.9. The normalized spacial score (nSPS) is 16.0. The van der Waals surface area contributed by atoms with Crippen molar-refractivity contribution in [2.24, 2.45) is 7.05 Å². The number of rotatable bonds is 6. The van der Waals surface area contributed by atoms with Crippen LogP contribution in [0, 0.1) is 6.92 Å². The minimum Gasteiger partial charge on any atom is -0.344 e. The Morgan fingerprint density at radius 2 is 1.83 bits per heavy atom. The number of likely N-dealkylation sites (tertiary alicyclic amines) is 1. The van der Waals surface area contributed by atoms with E-state index in [-0.39, 0.29) is 11.9 Å². The highest BCUT2D eigenvalue weighted by atomic mass is 35.5. The second-order valence-corrected chi connectivity index (χ2v) is 8.76. The van der Waals surface area contributed by atoms with Gasteiger partial charge in [-0.25, -0.2) is 0 Å². The van der Waals surface area contributed by atoms with E-state index in [1.807, 2.05) is 54.9 Å². The van der Waals surface area contributed by atoms with Gasteiger partial charge in [-0.2, -0.15) is 0 Å². The van der Waals surface area contributed by atoms with Crippen LogP contribution in [0.4, 0.5) is 0 Å². The molecule has 30 heavy (non-hydrogen) atoms. The van der Waals surface area contributed by atoms with Crippen molar-refractivity contribution in [3.8, 4) is 0 Å². The molecule has 1 fully saturated rings. The lowest BCUT2D eigenvalue weighted by Crippen LogP contribution is -2.35. The van der Waals surface area contributed by atoms with Gasteiger partial charge in [0.05, 0.1) is 6.04 Å². The largest absolute Gasteiger partial charge is 0.344 e. The number of carbonyl (C=O) groups is 1. The summed E-state index contributed by atoms with van der Waals surface area (Å²) in [7, 11) is 1.95. The van der Waals surface area contributed by atoms with E-state index in [4.69, 9.17) is 11.6 Å². The molecule has 0 aliphatic carbocycles. The Morgan fingerprint density at radius 3 is 2.57 bits per heavy atom. The Labute approximate surface area is 183 Å². The second kappa shape index (κ2) is 9.23. The summed E-state index contributed by atoms with van der Waals surface area (Å²) in [5.41, 5.74) is 3.84. The maximum absolute atomic E-state index is 13.4. The predicted molar refractivity (Wildman–Crippen MR) is 124 cm³/mol. The number of fused-ring (bicyclic) bond motifs is 1. The van der Waals surface area contributed by atoms with Gasteiger partial charge in [-0.05, 0) is 68.6 Å². The first-order valence-corrected chi connectivity index (χ1v) is 11.2. The number of carbonyl (C=O) groups excluding carboxylic acids is 1. The minimum atomic E-state index is -0.0326. The lowest BCUT2D eigenvalue weighted by molar-refractivity contribution is 0.0921. The molecule has 1 unspecified atom stereocenters. The molecular formula is C25H30ClN3O. The number of aryl methyl sites for hydroxylation is 2. The summed E-state index contributed by atoms with van der Waals surface area (Å²) in [6.45, 7) is 5.33. The molecule has 1 amide bonds. The molecule has 2 heterocycles. The molecule has 4 rings (SSSR count). The lowest BCUT2D eigenvalue weighted by atomic mass is 10.0. The summed E-state index contributed by atoms with van der Waals surface area (Å²) >= 11 is 6.20. The van der Waals surface area contributed by atoms with E-state index in [0.717, 1.165) is 35.0 Å². The third-order valence-electron chi connectivity index (χ3n) is 6.32. The first kappa shape index (κ1) is 21.0. The number of amides is 1. The van der Waals surface area contributed by atoms with Gasteiger partial charge in [0.25, 0.3) is 5.91 Å². The highest BCUT2D eigenvalue weighted by Gasteiger charge is 2.23. The smallest absolute Gasteiger partial charge is 0.268 e. The Morgan fingerprint density at radius 1 is 1.10 bits per heavy atom. The van der Waals surface area contributed by atoms with E-state index in [0.29, 0.717) is 10.7 Å². The SMILES string of the molecule is Cc1c(C(=O)NC(CCN2CCCCC2)c2ccccc2)n(C)c2ccc(Cl)cc12. The molecule has 0 saturated carbocycles. The first-order chi connectivity index (χ1) is 14.5. The fourth-order valence-corrected chi connectivity index (χ4v) is 4.82. The number of benzene rings is 2. The standard InChI is InChI=1S/C25H30ClN3O/c1-18-21-17-20(26)11-12-23(21)28(2)24(18)25(30)27-22(19-9-5-3-6-10-19)13-16-29-14-7-4-8-15-29/h3,5-6,9-12,17,22H,4,7-8,13-16H2,1-2H3,(H,27,30). The number of aromatic nitrogens is 1. The van der Waals surface area contributed by atoms with Gasteiger partial charge in [0.2, 0.25) is 0 Å². The third-order valence-corrected chi connectivity index (χ3v) is 6.55. The van der Waals surface area contributed by atoms with E-state index in [2.05, 4.69) is 22.3 Å². The molecule has 1 aliphatic rings. The van der Waals surface area contributed by atoms with Crippen LogP contribution in [-0.4, -0.2) is 35.0 Å². The van der Waals surface area contributed by atoms with Crippen molar-refractivity contribution in [2.45, 2.75) is 38.6 Å². The molecule has 2 aromatic carbocycles. The molecule has 0 radical (unpaired) electrons. The molecule has 5 heteroatoms. The van der Waals surface area contributed by atoms with E-state index in [1.54, 1.807) is 0 Å². The molecule has 1 atom stereocenters. The number of halogens is 1. The highest BCUT2D eigenvalue weighted by molar-refractivity contribution is 6.31. The molecular weight excluding hydrogens is 394 g/mol. The van der Waals surface area contributed by atoms with E-state index >= 15 is 0 Å². The molecule has 1 aromatic heterocycles. The van der Waals surface area contributed by atoms with Crippen LogP contribution in [0.5, 0.6) is 0 Å². The van der Waals surface area contributed by atoms with Crippen molar-refractivity contribution in [2.75, 3.05) is 19.6 Å². The zero-order valence-corrected chi connectivity index (χ0v) is 18.6. The number of piperidine rings is 1. The minimum absolute atomic E-state index is 0.0124. The molecule has 3 aromatic rings. The fourth-order valence-electron chi connectivity index (χ4n) is 4.65. The van der Waals surface area contributed by atoms with Gasteiger partial charge >= 0.3 is 0 Å². The summed E-state index contributed by atoms with van der Waals surface area (Å²) < 4.78 is 1.98. The van der Waals surface area contributed by atoms with Crippen molar-refractivity contribution < 1.29 is 4.79 Å². The fraction of sp³-hybridized carbons (Fsp3) is 0.400. The Kier molecular flexibility index (Phi) is 6.45. The molecule has 1 aliphatic heterocycles. The van der Waals surface area contributed by atoms with Gasteiger partial charge in [-0.3, -0.25) is 4.79 Å². The van der Waals surface area contributed by atoms with Crippen LogP contribution in [0.15, 0.2) is 48.5 Å². The van der Waals surface area contributed by atoms with Crippen LogP contribution in [0.25, 0.3) is 10.9 Å². The number of nitrogens with one attached hydrogen (secondary N) is 1. The molecule has 1 N–H and O–H groups in total. The zero-order valence-electron chi connectivity index (χ0n) is 17.8. The van der Waals surface area contributed by atoms with Crippen LogP contribution < -0.4 is 5.32 Å². The van der Waals surface area contributed by atoms with Crippen molar-refractivity contribution in [3.63, 3.8) is 0 Å². The molecule has 4 nitrogen and oxygen atoms in total. The summed E-state index contributed by atoms with van der Waals surface area (Å²) in [6.07, 6.45) is 4.80. The van der Waals surface area contributed by atoms with Crippen LogP contribution in [0.3, 0.4) is 0 Å². The van der Waals surface area contributed by atoms with Gasteiger partial charge < -0.3 is 14.8 Å². The Hall–Kier alpha value is -2.30. The van der Waals surface area contributed by atoms with E-state index < -0.39 is 0 Å². The first-order valence-electron chi connectivity index (χ1n) is 10.9. The van der Waals surface area contributed by atoms with Gasteiger partial charge in [0.15, 0.2) is 0 Å². The molecule has 158 valence electrons. The molecule has 0 bridgehead atoms. The van der Waals surface area contributed by atoms with E-state index in [1.165, 1.54) is 32.4 Å². The van der Waals surface area contributed by atoms with Crippen LogP contribution >= 0.6 is 11.6 Å². The van der Waals surface area contributed by atoms with Gasteiger partial charge in [0.1, 0.15) is 5.69 Å². The average molecular weight is 424 g/mol. The van der Waals surface area contributed by atoms with E-state index in [9.17, 15) is 4.79 Å².